The van der Waals surface area contributed by atoms with Gasteiger partial charge in [-0.1, -0.05) is 0 Å². The number of carboxylic acid groups (broad SMARTS) is 1. The van der Waals surface area contributed by atoms with Gasteiger partial charge < -0.3 is 9.67 Å². The maximum Gasteiger partial charge on any atom is 0.352 e. The Balaban J connectivity index is 1.96. The van der Waals surface area contributed by atoms with Crippen molar-refractivity contribution < 1.29 is 18.3 Å². The first-order valence-corrected chi connectivity index (χ1v) is 8.97. The number of fused-ring (bicyclic) bond motifs is 1. The molecule has 0 unspecified atom stereocenters. The fraction of sp³-hybridized carbons (Fsp3) is 0.143. The van der Waals surface area contributed by atoms with Gasteiger partial charge in [0.25, 0.3) is 10.0 Å². The van der Waals surface area contributed by atoms with Gasteiger partial charge in [-0.2, -0.15) is 4.37 Å². The van der Waals surface area contributed by atoms with Crippen molar-refractivity contribution in [2.45, 2.75) is 18.4 Å². The van der Waals surface area contributed by atoms with E-state index >= 15 is 0 Å². The van der Waals surface area contributed by atoms with Gasteiger partial charge in [0.15, 0.2) is 0 Å². The molecule has 9 heteroatoms. The van der Waals surface area contributed by atoms with E-state index in [2.05, 4.69) is 9.10 Å². The van der Waals surface area contributed by atoms with Crippen molar-refractivity contribution in [2.75, 3.05) is 4.72 Å². The smallest absolute Gasteiger partial charge is 0.352 e. The number of rotatable bonds is 5. The van der Waals surface area contributed by atoms with Gasteiger partial charge in [-0.3, -0.25) is 4.72 Å². The highest BCUT2D eigenvalue weighted by Crippen LogP contribution is 2.24. The second-order valence-electron chi connectivity index (χ2n) is 4.84. The summed E-state index contributed by atoms with van der Waals surface area (Å²) in [6.07, 6.45) is 3.02. The van der Waals surface area contributed by atoms with Crippen LogP contribution < -0.4 is 4.72 Å². The number of hydrogen-bond donors (Lipinski definition) is 2. The standard InChI is InChI=1S/C14H13N3O4S2/c1-2-17-8-11(6-12(17)14(18)19)23(20,21)16-10-4-3-9-7-15-22-13(9)5-10/h3-8,16H,2H2,1H3,(H,18,19). The summed E-state index contributed by atoms with van der Waals surface area (Å²) < 4.78 is 33.6. The number of nitrogens with zero attached hydrogens (tertiary/aromatic N) is 2. The molecule has 23 heavy (non-hydrogen) atoms. The Morgan fingerprint density at radius 1 is 1.39 bits per heavy atom. The maximum atomic E-state index is 12.5. The molecule has 3 aromatic rings. The molecule has 0 aliphatic heterocycles. The van der Waals surface area contributed by atoms with E-state index < -0.39 is 16.0 Å². The topological polar surface area (TPSA) is 101 Å². The summed E-state index contributed by atoms with van der Waals surface area (Å²) in [5.74, 6) is -1.17. The molecule has 0 aliphatic rings. The predicted octanol–water partition coefficient (Wildman–Crippen LogP) is 2.62. The zero-order valence-electron chi connectivity index (χ0n) is 12.1. The number of carbonyl (C=O) groups is 1. The maximum absolute atomic E-state index is 12.5. The molecule has 120 valence electrons. The lowest BCUT2D eigenvalue weighted by Gasteiger charge is -2.06. The SMILES string of the molecule is CCn1cc(S(=O)(=O)Nc2ccc3cnsc3c2)cc1C(=O)O. The quantitative estimate of drug-likeness (QED) is 0.736. The molecule has 7 nitrogen and oxygen atoms in total. The molecule has 0 fully saturated rings. The van der Waals surface area contributed by atoms with E-state index in [0.29, 0.717) is 12.2 Å². The zero-order chi connectivity index (χ0) is 16.6. The minimum absolute atomic E-state index is 0.0641. The van der Waals surface area contributed by atoms with Gasteiger partial charge in [0.05, 0.1) is 10.4 Å². The molecule has 0 amide bonds. The summed E-state index contributed by atoms with van der Waals surface area (Å²) >= 11 is 1.27. The number of aryl methyl sites for hydroxylation is 1. The third-order valence-corrected chi connectivity index (χ3v) is 5.46. The normalized spacial score (nSPS) is 11.7. The molecule has 2 N–H and O–H groups in total. The minimum atomic E-state index is -3.86. The molecule has 0 radical (unpaired) electrons. The predicted molar refractivity (Wildman–Crippen MR) is 87.5 cm³/mol. The molecule has 1 aromatic carbocycles. The van der Waals surface area contributed by atoms with Crippen LogP contribution in [-0.2, 0) is 16.6 Å². The van der Waals surface area contributed by atoms with E-state index in [0.717, 1.165) is 16.2 Å². The Kier molecular flexibility index (Phi) is 3.82. The van der Waals surface area contributed by atoms with Crippen molar-refractivity contribution in [2.24, 2.45) is 0 Å². The number of nitrogens with one attached hydrogen (secondary N) is 1. The number of sulfonamides is 1. The summed E-state index contributed by atoms with van der Waals surface area (Å²) in [5.41, 5.74) is 0.341. The number of hydrogen-bond acceptors (Lipinski definition) is 5. The van der Waals surface area contributed by atoms with E-state index in [4.69, 9.17) is 5.11 Å². The summed E-state index contributed by atoms with van der Waals surface area (Å²) in [4.78, 5) is 11.1. The molecular formula is C14H13N3O4S2. The highest BCUT2D eigenvalue weighted by Gasteiger charge is 2.21. The van der Waals surface area contributed by atoms with Crippen molar-refractivity contribution in [3.05, 3.63) is 42.4 Å². The Hall–Kier alpha value is -2.39. The second-order valence-corrected chi connectivity index (χ2v) is 7.35. The Labute approximate surface area is 136 Å². The lowest BCUT2D eigenvalue weighted by molar-refractivity contribution is 0.0685. The molecule has 0 aliphatic carbocycles. The summed E-state index contributed by atoms with van der Waals surface area (Å²) in [6, 6.07) is 6.26. The van der Waals surface area contributed by atoms with Crippen LogP contribution in [0.1, 0.15) is 17.4 Å². The fourth-order valence-corrected chi connectivity index (χ4v) is 3.98. The molecule has 3 rings (SSSR count). The minimum Gasteiger partial charge on any atom is -0.477 e. The average Bonchev–Trinajstić information content (AvgIpc) is 3.12. The fourth-order valence-electron chi connectivity index (χ4n) is 2.21. The van der Waals surface area contributed by atoms with Crippen molar-refractivity contribution in [1.82, 2.24) is 8.94 Å². The van der Waals surface area contributed by atoms with Gasteiger partial charge in [-0.25, -0.2) is 13.2 Å². The van der Waals surface area contributed by atoms with E-state index in [1.165, 1.54) is 22.3 Å². The van der Waals surface area contributed by atoms with Gasteiger partial charge in [0.2, 0.25) is 0 Å². The molecule has 2 heterocycles. The molecule has 0 bridgehead atoms. The lowest BCUT2D eigenvalue weighted by atomic mass is 10.2. The van der Waals surface area contributed by atoms with Crippen LogP contribution in [0.3, 0.4) is 0 Å². The molecular weight excluding hydrogens is 338 g/mol. The third-order valence-electron chi connectivity index (χ3n) is 3.35. The lowest BCUT2D eigenvalue weighted by Crippen LogP contribution is -2.12. The van der Waals surface area contributed by atoms with Gasteiger partial charge >= 0.3 is 5.97 Å². The highest BCUT2D eigenvalue weighted by molar-refractivity contribution is 7.92. The number of anilines is 1. The van der Waals surface area contributed by atoms with E-state index in [1.54, 1.807) is 31.3 Å². The number of aromatic nitrogens is 2. The van der Waals surface area contributed by atoms with Gasteiger partial charge in [0, 0.05) is 24.3 Å². The third kappa shape index (κ3) is 2.92. The van der Waals surface area contributed by atoms with Gasteiger partial charge in [0.1, 0.15) is 10.6 Å². The molecule has 0 saturated carbocycles. The van der Waals surface area contributed by atoms with Crippen LogP contribution >= 0.6 is 11.5 Å². The number of aromatic carboxylic acids is 1. The van der Waals surface area contributed by atoms with Crippen molar-refractivity contribution in [1.29, 1.82) is 0 Å². The summed E-state index contributed by atoms with van der Waals surface area (Å²) in [5, 5.41) is 10.1. The van der Waals surface area contributed by atoms with Crippen LogP contribution in [0.15, 0.2) is 41.6 Å². The van der Waals surface area contributed by atoms with Crippen LogP contribution in [0.25, 0.3) is 10.1 Å². The van der Waals surface area contributed by atoms with Crippen LogP contribution in [-0.4, -0.2) is 28.4 Å². The van der Waals surface area contributed by atoms with E-state index in [9.17, 15) is 13.2 Å². The number of benzene rings is 1. The largest absolute Gasteiger partial charge is 0.477 e. The monoisotopic (exact) mass is 351 g/mol. The van der Waals surface area contributed by atoms with Crippen molar-refractivity contribution in [3.8, 4) is 0 Å². The van der Waals surface area contributed by atoms with Gasteiger partial charge in [-0.15, -0.1) is 0 Å². The Morgan fingerprint density at radius 2 is 2.17 bits per heavy atom. The van der Waals surface area contributed by atoms with Crippen LogP contribution in [0.5, 0.6) is 0 Å². The molecule has 0 atom stereocenters. The van der Waals surface area contributed by atoms with Crippen LogP contribution in [0, 0.1) is 0 Å². The van der Waals surface area contributed by atoms with Crippen LogP contribution in [0.2, 0.25) is 0 Å². The van der Waals surface area contributed by atoms with Gasteiger partial charge in [-0.05, 0) is 42.7 Å². The summed E-state index contributed by atoms with van der Waals surface area (Å²) in [6.45, 7) is 2.11. The first-order valence-electron chi connectivity index (χ1n) is 6.71. The van der Waals surface area contributed by atoms with E-state index in [1.807, 2.05) is 0 Å². The Bertz CT molecular complexity index is 989. The molecule has 0 spiro atoms. The van der Waals surface area contributed by atoms with E-state index in [-0.39, 0.29) is 10.6 Å². The Morgan fingerprint density at radius 3 is 2.83 bits per heavy atom. The highest BCUT2D eigenvalue weighted by atomic mass is 32.2. The van der Waals surface area contributed by atoms with Crippen molar-refractivity contribution in [3.63, 3.8) is 0 Å². The summed E-state index contributed by atoms with van der Waals surface area (Å²) in [7, 11) is -3.86. The first-order chi connectivity index (χ1) is 10.9. The molecule has 0 saturated heterocycles. The van der Waals surface area contributed by atoms with Crippen molar-refractivity contribution >= 4 is 43.3 Å². The zero-order valence-corrected chi connectivity index (χ0v) is 13.7. The second kappa shape index (κ2) is 5.67. The first kappa shape index (κ1) is 15.5. The van der Waals surface area contributed by atoms with Crippen LogP contribution in [0.4, 0.5) is 5.69 Å². The average molecular weight is 351 g/mol. The molecule has 2 aromatic heterocycles. The number of carboxylic acids is 1.